The number of rotatable bonds is 7. The number of hydrogen-bond acceptors (Lipinski definition) is 2. The minimum absolute atomic E-state index is 0.263. The molecule has 0 saturated carbocycles. The minimum Gasteiger partial charge on any atom is -0.207 e. The topological polar surface area (TPSA) is 46.2 Å². The summed E-state index contributed by atoms with van der Waals surface area (Å²) in [6.45, 7) is 4.32. The van der Waals surface area contributed by atoms with Crippen LogP contribution in [0.4, 0.5) is 0 Å². The smallest absolute Gasteiger partial charge is 0.207 e. The highest BCUT2D eigenvalue weighted by atomic mass is 32.2. The monoisotopic (exact) mass is 279 g/mol. The van der Waals surface area contributed by atoms with Crippen molar-refractivity contribution in [1.82, 2.24) is 4.72 Å². The summed E-state index contributed by atoms with van der Waals surface area (Å²) in [4.78, 5) is 0.293. The van der Waals surface area contributed by atoms with Gasteiger partial charge in [-0.1, -0.05) is 31.0 Å². The molecule has 0 unspecified atom stereocenters. The van der Waals surface area contributed by atoms with Gasteiger partial charge in [-0.2, -0.15) is 0 Å². The Labute approximate surface area is 116 Å². The van der Waals surface area contributed by atoms with E-state index in [2.05, 4.69) is 17.4 Å². The molecule has 0 amide bonds. The molecule has 1 aromatic rings. The lowest BCUT2D eigenvalue weighted by molar-refractivity contribution is 0.585. The van der Waals surface area contributed by atoms with Crippen LogP contribution in [0.3, 0.4) is 0 Å². The molecule has 0 fully saturated rings. The summed E-state index contributed by atoms with van der Waals surface area (Å²) in [5.74, 6) is 0. The fourth-order valence-corrected chi connectivity index (χ4v) is 2.45. The lowest BCUT2D eigenvalue weighted by atomic mass is 10.2. The molecule has 0 aliphatic heterocycles. The van der Waals surface area contributed by atoms with E-state index in [1.54, 1.807) is 30.3 Å². The number of unbranched alkanes of at least 4 members (excludes halogenated alkanes) is 2. The fraction of sp³-hybridized carbons (Fsp3) is 0.400. The van der Waals surface area contributed by atoms with Crippen LogP contribution >= 0.6 is 0 Å². The van der Waals surface area contributed by atoms with Crippen molar-refractivity contribution in [3.8, 4) is 0 Å². The second kappa shape index (κ2) is 7.95. The zero-order chi connectivity index (χ0) is 14.1. The first kappa shape index (κ1) is 15.7. The Bertz CT molecular complexity index is 538. The van der Waals surface area contributed by atoms with Crippen molar-refractivity contribution in [2.45, 2.75) is 38.0 Å². The molecule has 0 aliphatic rings. The van der Waals surface area contributed by atoms with Crippen LogP contribution in [0.2, 0.25) is 0 Å². The van der Waals surface area contributed by atoms with E-state index in [4.69, 9.17) is 0 Å². The van der Waals surface area contributed by atoms with Crippen LogP contribution in [-0.2, 0) is 10.0 Å². The van der Waals surface area contributed by atoms with Gasteiger partial charge in [-0.15, -0.1) is 5.73 Å². The molecule has 0 aliphatic carbocycles. The minimum atomic E-state index is -3.41. The summed E-state index contributed by atoms with van der Waals surface area (Å²) >= 11 is 0. The van der Waals surface area contributed by atoms with Crippen LogP contribution in [0.5, 0.6) is 0 Å². The van der Waals surface area contributed by atoms with Crippen LogP contribution in [0.15, 0.2) is 47.0 Å². The van der Waals surface area contributed by atoms with Crippen molar-refractivity contribution in [2.75, 3.05) is 6.54 Å². The van der Waals surface area contributed by atoms with Crippen LogP contribution < -0.4 is 4.72 Å². The predicted molar refractivity (Wildman–Crippen MR) is 78.5 cm³/mol. The van der Waals surface area contributed by atoms with E-state index in [0.29, 0.717) is 4.90 Å². The molecule has 0 atom stereocenters. The van der Waals surface area contributed by atoms with E-state index in [-0.39, 0.29) is 6.54 Å². The van der Waals surface area contributed by atoms with E-state index in [9.17, 15) is 8.42 Å². The van der Waals surface area contributed by atoms with Crippen LogP contribution in [0.1, 0.15) is 31.7 Å². The zero-order valence-electron chi connectivity index (χ0n) is 11.5. The molecule has 19 heavy (non-hydrogen) atoms. The third-order valence-corrected chi connectivity index (χ3v) is 4.08. The van der Waals surface area contributed by atoms with Crippen molar-refractivity contribution in [3.05, 3.63) is 47.7 Å². The predicted octanol–water partition coefficient (Wildman–Crippen LogP) is 3.17. The van der Waals surface area contributed by atoms with Gasteiger partial charge >= 0.3 is 0 Å². The highest BCUT2D eigenvalue weighted by Gasteiger charge is 2.11. The zero-order valence-corrected chi connectivity index (χ0v) is 12.3. The highest BCUT2D eigenvalue weighted by Crippen LogP contribution is 2.09. The summed E-state index contributed by atoms with van der Waals surface area (Å²) < 4.78 is 26.3. The van der Waals surface area contributed by atoms with Crippen LogP contribution in [0, 0.1) is 6.92 Å². The highest BCUT2D eigenvalue weighted by molar-refractivity contribution is 7.89. The lowest BCUT2D eigenvalue weighted by Crippen LogP contribution is -2.23. The third kappa shape index (κ3) is 5.88. The van der Waals surface area contributed by atoms with Gasteiger partial charge < -0.3 is 0 Å². The van der Waals surface area contributed by atoms with Crippen molar-refractivity contribution in [3.63, 3.8) is 0 Å². The molecule has 0 spiro atoms. The average Bonchev–Trinajstić information content (AvgIpc) is 2.38. The molecule has 0 aromatic heterocycles. The molecule has 104 valence electrons. The van der Waals surface area contributed by atoms with Crippen LogP contribution in [0.25, 0.3) is 0 Å². The Balaban J connectivity index is 2.52. The maximum atomic E-state index is 11.9. The van der Waals surface area contributed by atoms with Gasteiger partial charge in [-0.3, -0.25) is 0 Å². The quantitative estimate of drug-likeness (QED) is 0.615. The molecule has 4 heteroatoms. The third-order valence-electron chi connectivity index (χ3n) is 2.64. The first-order valence-corrected chi connectivity index (χ1v) is 8.00. The molecular formula is C15H21NO2S. The van der Waals surface area contributed by atoms with Gasteiger partial charge in [0.2, 0.25) is 10.0 Å². The number of hydrogen-bond donors (Lipinski definition) is 1. The van der Waals surface area contributed by atoms with Gasteiger partial charge in [0.25, 0.3) is 0 Å². The first-order chi connectivity index (χ1) is 9.06. The maximum Gasteiger partial charge on any atom is 0.240 e. The molecule has 0 bridgehead atoms. The van der Waals surface area contributed by atoms with Crippen molar-refractivity contribution < 1.29 is 8.42 Å². The summed E-state index contributed by atoms with van der Waals surface area (Å²) in [7, 11) is -3.41. The average molecular weight is 279 g/mol. The molecular weight excluding hydrogens is 258 g/mol. The summed E-state index contributed by atoms with van der Waals surface area (Å²) in [5.41, 5.74) is 4.02. The lowest BCUT2D eigenvalue weighted by Gasteiger charge is -2.04. The SMILES string of the molecule is CCCCC=C=CCNS(=O)(=O)c1ccc(C)cc1. The van der Waals surface area contributed by atoms with Gasteiger partial charge in [-0.05, 0) is 44.1 Å². The Morgan fingerprint density at radius 3 is 2.53 bits per heavy atom. The maximum absolute atomic E-state index is 11.9. The van der Waals surface area contributed by atoms with E-state index in [0.717, 1.165) is 24.8 Å². The molecule has 0 heterocycles. The standard InChI is InChI=1S/C15H21NO2S/c1-3-4-5-6-7-8-13-16-19(17,18)15-11-9-14(2)10-12-15/h6,8-12,16H,3-5,13H2,1-2H3. The molecule has 1 aromatic carbocycles. The van der Waals surface area contributed by atoms with Gasteiger partial charge in [0.1, 0.15) is 0 Å². The first-order valence-electron chi connectivity index (χ1n) is 6.52. The Kier molecular flexibility index (Phi) is 6.57. The van der Waals surface area contributed by atoms with E-state index < -0.39 is 10.0 Å². The molecule has 1 N–H and O–H groups in total. The van der Waals surface area contributed by atoms with Crippen molar-refractivity contribution in [1.29, 1.82) is 0 Å². The van der Waals surface area contributed by atoms with E-state index >= 15 is 0 Å². The largest absolute Gasteiger partial charge is 0.240 e. The molecule has 3 nitrogen and oxygen atoms in total. The Morgan fingerprint density at radius 1 is 1.21 bits per heavy atom. The number of aryl methyl sites for hydroxylation is 1. The molecule has 0 saturated heterocycles. The number of sulfonamides is 1. The normalized spacial score (nSPS) is 10.8. The summed E-state index contributed by atoms with van der Waals surface area (Å²) in [5, 5.41) is 0. The van der Waals surface area contributed by atoms with E-state index in [1.165, 1.54) is 0 Å². The number of benzene rings is 1. The van der Waals surface area contributed by atoms with Gasteiger partial charge in [0, 0.05) is 6.54 Å². The summed E-state index contributed by atoms with van der Waals surface area (Å²) in [6.07, 6.45) is 6.90. The van der Waals surface area contributed by atoms with E-state index in [1.807, 2.05) is 13.0 Å². The van der Waals surface area contributed by atoms with Gasteiger partial charge in [0.15, 0.2) is 0 Å². The van der Waals surface area contributed by atoms with Crippen molar-refractivity contribution >= 4 is 10.0 Å². The summed E-state index contributed by atoms with van der Waals surface area (Å²) in [6, 6.07) is 6.79. The fourth-order valence-electron chi connectivity index (χ4n) is 1.48. The van der Waals surface area contributed by atoms with Crippen molar-refractivity contribution in [2.24, 2.45) is 0 Å². The van der Waals surface area contributed by atoms with Gasteiger partial charge in [-0.25, -0.2) is 13.1 Å². The van der Waals surface area contributed by atoms with Gasteiger partial charge in [0.05, 0.1) is 4.90 Å². The Hall–Kier alpha value is -1.35. The van der Waals surface area contributed by atoms with Crippen LogP contribution in [-0.4, -0.2) is 15.0 Å². The second-order valence-corrected chi connectivity index (χ2v) is 6.15. The number of nitrogens with one attached hydrogen (secondary N) is 1. The Morgan fingerprint density at radius 2 is 1.89 bits per heavy atom. The second-order valence-electron chi connectivity index (χ2n) is 4.38. The molecule has 0 radical (unpaired) electrons. The molecule has 1 rings (SSSR count).